The first kappa shape index (κ1) is 13.1. The Balaban J connectivity index is 2.94. The molecular formula is C8H4ClF4NOS. The van der Waals surface area contributed by atoms with E-state index >= 15 is 0 Å². The highest BCUT2D eigenvalue weighted by atomic mass is 35.5. The Morgan fingerprint density at radius 3 is 2.44 bits per heavy atom. The number of amides is 1. The molecule has 1 rings (SSSR count). The maximum Gasteiger partial charge on any atom is 0.416 e. The summed E-state index contributed by atoms with van der Waals surface area (Å²) in [6.07, 6.45) is -4.64. The average Bonchev–Trinajstić information content (AvgIpc) is 2.12. The number of rotatable bonds is 2. The van der Waals surface area contributed by atoms with Crippen molar-refractivity contribution in [1.29, 1.82) is 0 Å². The number of hydrogen-bond donors (Lipinski definition) is 1. The van der Waals surface area contributed by atoms with Gasteiger partial charge in [-0.25, -0.2) is 4.39 Å². The smallest absolute Gasteiger partial charge is 0.282 e. The minimum Gasteiger partial charge on any atom is -0.282 e. The number of halogens is 5. The molecular weight excluding hydrogens is 270 g/mol. The molecule has 0 saturated heterocycles. The molecule has 0 aliphatic rings. The summed E-state index contributed by atoms with van der Waals surface area (Å²) in [6, 6.07) is 1.93. The first-order chi connectivity index (χ1) is 7.29. The van der Waals surface area contributed by atoms with Crippen LogP contribution in [-0.2, 0) is 6.18 Å². The standard InChI is InChI=1S/C8H4ClF4NOS/c9-7(15)14-16-6-2-4(8(11,12)13)1-5(10)3-6/h1-3H,(H,14,15). The first-order valence-corrected chi connectivity index (χ1v) is 4.98. The van der Waals surface area contributed by atoms with Crippen LogP contribution in [0.4, 0.5) is 22.4 Å². The van der Waals surface area contributed by atoms with Crippen LogP contribution in [0, 0.1) is 5.82 Å². The summed E-state index contributed by atoms with van der Waals surface area (Å²) in [5.74, 6) is -1.04. The third-order valence-electron chi connectivity index (χ3n) is 1.45. The van der Waals surface area contributed by atoms with Crippen molar-refractivity contribution < 1.29 is 22.4 Å². The quantitative estimate of drug-likeness (QED) is 0.384. The van der Waals surface area contributed by atoms with Gasteiger partial charge in [0.05, 0.1) is 5.56 Å². The zero-order chi connectivity index (χ0) is 12.3. The van der Waals surface area contributed by atoms with Crippen molar-refractivity contribution in [3.05, 3.63) is 29.6 Å². The third kappa shape index (κ3) is 3.90. The number of carbonyl (C=O) groups excluding carboxylic acids is 1. The van der Waals surface area contributed by atoms with Crippen LogP contribution in [0.15, 0.2) is 23.1 Å². The fraction of sp³-hybridized carbons (Fsp3) is 0.125. The molecule has 0 aliphatic carbocycles. The summed E-state index contributed by atoms with van der Waals surface area (Å²) in [5.41, 5.74) is -1.13. The zero-order valence-corrected chi connectivity index (χ0v) is 9.01. The first-order valence-electron chi connectivity index (χ1n) is 3.79. The second-order valence-electron chi connectivity index (χ2n) is 2.65. The molecule has 0 aromatic heterocycles. The lowest BCUT2D eigenvalue weighted by Crippen LogP contribution is -2.08. The third-order valence-corrected chi connectivity index (χ3v) is 2.41. The van der Waals surface area contributed by atoms with Gasteiger partial charge in [0, 0.05) is 4.90 Å². The molecule has 2 nitrogen and oxygen atoms in total. The largest absolute Gasteiger partial charge is 0.416 e. The van der Waals surface area contributed by atoms with E-state index < -0.39 is 22.9 Å². The molecule has 0 radical (unpaired) electrons. The molecule has 88 valence electrons. The van der Waals surface area contributed by atoms with Crippen molar-refractivity contribution in [1.82, 2.24) is 4.72 Å². The number of hydrogen-bond acceptors (Lipinski definition) is 2. The summed E-state index contributed by atoms with van der Waals surface area (Å²) in [4.78, 5) is 10.2. The molecule has 0 aliphatic heterocycles. The molecule has 8 heteroatoms. The fourth-order valence-corrected chi connectivity index (χ4v) is 1.56. The van der Waals surface area contributed by atoms with Crippen molar-refractivity contribution in [2.24, 2.45) is 0 Å². The summed E-state index contributed by atoms with van der Waals surface area (Å²) < 4.78 is 51.6. The van der Waals surface area contributed by atoms with E-state index in [1.807, 2.05) is 4.72 Å². The van der Waals surface area contributed by atoms with Crippen LogP contribution in [-0.4, -0.2) is 5.37 Å². The predicted molar refractivity (Wildman–Crippen MR) is 51.6 cm³/mol. The highest BCUT2D eigenvalue weighted by Gasteiger charge is 2.31. The van der Waals surface area contributed by atoms with Crippen LogP contribution < -0.4 is 4.72 Å². The summed E-state index contributed by atoms with van der Waals surface area (Å²) >= 11 is 5.41. The number of carbonyl (C=O) groups is 1. The van der Waals surface area contributed by atoms with Crippen LogP contribution in [0.3, 0.4) is 0 Å². The highest BCUT2D eigenvalue weighted by Crippen LogP contribution is 2.32. The summed E-state index contributed by atoms with van der Waals surface area (Å²) in [7, 11) is 0. The van der Waals surface area contributed by atoms with Gasteiger partial charge in [-0.1, -0.05) is 0 Å². The molecule has 0 unspecified atom stereocenters. The Morgan fingerprint density at radius 2 is 1.94 bits per heavy atom. The minimum atomic E-state index is -4.64. The minimum absolute atomic E-state index is 0.0960. The number of nitrogens with one attached hydrogen (secondary N) is 1. The molecule has 1 aromatic rings. The van der Waals surface area contributed by atoms with Crippen LogP contribution in [0.2, 0.25) is 0 Å². The van der Waals surface area contributed by atoms with Crippen LogP contribution in [0.1, 0.15) is 5.56 Å². The van der Waals surface area contributed by atoms with Gasteiger partial charge in [0.1, 0.15) is 5.82 Å². The van der Waals surface area contributed by atoms with E-state index in [1.54, 1.807) is 0 Å². The Kier molecular flexibility index (Phi) is 4.03. The molecule has 16 heavy (non-hydrogen) atoms. The Bertz CT molecular complexity index is 410. The molecule has 1 aromatic carbocycles. The maximum atomic E-state index is 12.8. The normalized spacial score (nSPS) is 11.3. The summed E-state index contributed by atoms with van der Waals surface area (Å²) in [5, 5.41) is -0.956. The SMILES string of the molecule is O=C(Cl)NSc1cc(F)cc(C(F)(F)F)c1. The van der Waals surface area contributed by atoms with E-state index in [1.165, 1.54) is 0 Å². The van der Waals surface area contributed by atoms with Crippen molar-refractivity contribution >= 4 is 28.9 Å². The van der Waals surface area contributed by atoms with E-state index in [2.05, 4.69) is 0 Å². The molecule has 0 heterocycles. The lowest BCUT2D eigenvalue weighted by molar-refractivity contribution is -0.137. The van der Waals surface area contributed by atoms with Crippen molar-refractivity contribution in [2.45, 2.75) is 11.1 Å². The molecule has 0 atom stereocenters. The van der Waals surface area contributed by atoms with Crippen molar-refractivity contribution in [3.8, 4) is 0 Å². The van der Waals surface area contributed by atoms with Crippen molar-refractivity contribution in [3.63, 3.8) is 0 Å². The average molecular weight is 274 g/mol. The Morgan fingerprint density at radius 1 is 1.31 bits per heavy atom. The van der Waals surface area contributed by atoms with Crippen LogP contribution >= 0.6 is 23.5 Å². The molecule has 1 amide bonds. The van der Waals surface area contributed by atoms with Gasteiger partial charge >= 0.3 is 11.5 Å². The van der Waals surface area contributed by atoms with Gasteiger partial charge in [0.25, 0.3) is 0 Å². The van der Waals surface area contributed by atoms with Gasteiger partial charge in [-0.05, 0) is 41.7 Å². The number of benzene rings is 1. The monoisotopic (exact) mass is 273 g/mol. The second kappa shape index (κ2) is 4.92. The van der Waals surface area contributed by atoms with E-state index in [4.69, 9.17) is 11.6 Å². The van der Waals surface area contributed by atoms with E-state index in [0.717, 1.165) is 6.07 Å². The topological polar surface area (TPSA) is 29.1 Å². The van der Waals surface area contributed by atoms with Crippen LogP contribution in [0.25, 0.3) is 0 Å². The zero-order valence-electron chi connectivity index (χ0n) is 7.44. The molecule has 0 fully saturated rings. The van der Waals surface area contributed by atoms with Gasteiger partial charge < -0.3 is 0 Å². The van der Waals surface area contributed by atoms with Gasteiger partial charge in [-0.3, -0.25) is 9.52 Å². The van der Waals surface area contributed by atoms with Gasteiger partial charge in [0.15, 0.2) is 0 Å². The Labute approximate surface area is 97.1 Å². The second-order valence-corrected chi connectivity index (χ2v) is 3.87. The van der Waals surface area contributed by atoms with E-state index in [-0.39, 0.29) is 4.90 Å². The van der Waals surface area contributed by atoms with Gasteiger partial charge in [0.2, 0.25) is 0 Å². The molecule has 0 spiro atoms. The lowest BCUT2D eigenvalue weighted by atomic mass is 10.2. The van der Waals surface area contributed by atoms with Crippen molar-refractivity contribution in [2.75, 3.05) is 0 Å². The maximum absolute atomic E-state index is 12.8. The molecule has 0 saturated carbocycles. The van der Waals surface area contributed by atoms with Crippen LogP contribution in [0.5, 0.6) is 0 Å². The molecule has 0 bridgehead atoms. The number of alkyl halides is 3. The van der Waals surface area contributed by atoms with E-state index in [0.29, 0.717) is 24.1 Å². The molecule has 1 N–H and O–H groups in total. The summed E-state index contributed by atoms with van der Waals surface area (Å²) in [6.45, 7) is 0. The van der Waals surface area contributed by atoms with Gasteiger partial charge in [-0.2, -0.15) is 13.2 Å². The Hall–Kier alpha value is -0.950. The fourth-order valence-electron chi connectivity index (χ4n) is 0.884. The predicted octanol–water partition coefficient (Wildman–Crippen LogP) is 3.80. The highest BCUT2D eigenvalue weighted by molar-refractivity contribution is 7.98. The van der Waals surface area contributed by atoms with E-state index in [9.17, 15) is 22.4 Å². The van der Waals surface area contributed by atoms with Gasteiger partial charge in [-0.15, -0.1) is 0 Å². The lowest BCUT2D eigenvalue weighted by Gasteiger charge is -2.08.